The summed E-state index contributed by atoms with van der Waals surface area (Å²) in [5.74, 6) is -0.707. The molecule has 0 radical (unpaired) electrons. The van der Waals surface area contributed by atoms with Gasteiger partial charge in [0, 0.05) is 6.07 Å². The van der Waals surface area contributed by atoms with E-state index in [4.69, 9.17) is 16.3 Å². The highest BCUT2D eigenvalue weighted by Gasteiger charge is 2.15. The van der Waals surface area contributed by atoms with Crippen LogP contribution in [0, 0.1) is 11.6 Å². The summed E-state index contributed by atoms with van der Waals surface area (Å²) in [6.45, 7) is 1.43. The van der Waals surface area contributed by atoms with Gasteiger partial charge in [-0.1, -0.05) is 17.7 Å². The molecule has 0 aliphatic carbocycles. The van der Waals surface area contributed by atoms with Crippen molar-refractivity contribution in [3.8, 4) is 11.5 Å². The molecule has 1 atom stereocenters. The van der Waals surface area contributed by atoms with Crippen molar-refractivity contribution in [1.82, 2.24) is 0 Å². The Bertz CT molecular complexity index is 600. The van der Waals surface area contributed by atoms with Crippen LogP contribution in [0.2, 0.25) is 5.02 Å². The molecule has 0 saturated carbocycles. The molecular weight excluding hydrogens is 274 g/mol. The molecule has 0 heterocycles. The summed E-state index contributed by atoms with van der Waals surface area (Å²) in [5.41, 5.74) is 0.0444. The van der Waals surface area contributed by atoms with Crippen molar-refractivity contribution >= 4 is 11.6 Å². The normalized spacial score (nSPS) is 12.3. The lowest BCUT2D eigenvalue weighted by molar-refractivity contribution is 0.190. The fourth-order valence-electron chi connectivity index (χ4n) is 1.68. The van der Waals surface area contributed by atoms with Gasteiger partial charge < -0.3 is 9.84 Å². The Kier molecular flexibility index (Phi) is 4.02. The maximum atomic E-state index is 13.6. The average molecular weight is 285 g/mol. The molecule has 2 nitrogen and oxygen atoms in total. The predicted molar refractivity (Wildman–Crippen MR) is 68.5 cm³/mol. The molecule has 0 unspecified atom stereocenters. The number of aliphatic hydroxyl groups is 1. The Morgan fingerprint density at radius 2 is 1.89 bits per heavy atom. The minimum absolute atomic E-state index is 0.0444. The van der Waals surface area contributed by atoms with Crippen LogP contribution in [-0.4, -0.2) is 5.11 Å². The van der Waals surface area contributed by atoms with E-state index in [0.717, 1.165) is 6.07 Å². The van der Waals surface area contributed by atoms with Crippen LogP contribution >= 0.6 is 11.6 Å². The number of rotatable bonds is 3. The number of ether oxygens (including phenoxy) is 1. The topological polar surface area (TPSA) is 29.5 Å². The van der Waals surface area contributed by atoms with Crippen LogP contribution < -0.4 is 4.74 Å². The van der Waals surface area contributed by atoms with Crippen LogP contribution in [0.25, 0.3) is 0 Å². The molecule has 2 rings (SSSR count). The largest absolute Gasteiger partial charge is 0.457 e. The zero-order valence-corrected chi connectivity index (χ0v) is 10.8. The maximum absolute atomic E-state index is 13.6. The highest BCUT2D eigenvalue weighted by molar-refractivity contribution is 6.30. The van der Waals surface area contributed by atoms with Gasteiger partial charge in [0.25, 0.3) is 0 Å². The van der Waals surface area contributed by atoms with Crippen molar-refractivity contribution in [2.75, 3.05) is 0 Å². The summed E-state index contributed by atoms with van der Waals surface area (Å²) >= 11 is 5.64. The van der Waals surface area contributed by atoms with E-state index >= 15 is 0 Å². The predicted octanol–water partition coefficient (Wildman–Crippen LogP) is 4.46. The zero-order chi connectivity index (χ0) is 14.0. The Morgan fingerprint density at radius 1 is 1.16 bits per heavy atom. The third-order valence-electron chi connectivity index (χ3n) is 2.55. The molecule has 0 aliphatic rings. The van der Waals surface area contributed by atoms with Crippen LogP contribution in [0.1, 0.15) is 18.6 Å². The molecule has 2 aromatic rings. The Hall–Kier alpha value is -1.65. The van der Waals surface area contributed by atoms with Gasteiger partial charge in [-0.05, 0) is 31.2 Å². The number of hydrogen-bond donors (Lipinski definition) is 1. The lowest BCUT2D eigenvalue weighted by Gasteiger charge is -2.14. The van der Waals surface area contributed by atoms with Gasteiger partial charge in [0.2, 0.25) is 0 Å². The van der Waals surface area contributed by atoms with Gasteiger partial charge in [-0.15, -0.1) is 0 Å². The number of aliphatic hydroxyl groups excluding tert-OH is 1. The Morgan fingerprint density at radius 3 is 2.53 bits per heavy atom. The van der Waals surface area contributed by atoms with Crippen molar-refractivity contribution in [2.45, 2.75) is 13.0 Å². The third kappa shape index (κ3) is 3.03. The number of hydrogen-bond acceptors (Lipinski definition) is 2. The SMILES string of the molecule is C[C@H](O)c1c(F)cccc1Oc1ccc(F)c(Cl)c1. The molecule has 0 amide bonds. The van der Waals surface area contributed by atoms with E-state index in [1.54, 1.807) is 0 Å². The minimum atomic E-state index is -1.02. The molecule has 100 valence electrons. The molecule has 1 N–H and O–H groups in total. The summed E-state index contributed by atoms with van der Waals surface area (Å²) in [5, 5.41) is 9.47. The van der Waals surface area contributed by atoms with Crippen LogP contribution in [0.15, 0.2) is 36.4 Å². The van der Waals surface area contributed by atoms with E-state index < -0.39 is 17.7 Å². The second-order valence-corrected chi connectivity index (χ2v) is 4.41. The molecule has 0 spiro atoms. The summed E-state index contributed by atoms with van der Waals surface area (Å²) in [7, 11) is 0. The molecule has 0 bridgehead atoms. The minimum Gasteiger partial charge on any atom is -0.457 e. The van der Waals surface area contributed by atoms with E-state index in [2.05, 4.69) is 0 Å². The fourth-order valence-corrected chi connectivity index (χ4v) is 1.85. The van der Waals surface area contributed by atoms with Crippen molar-refractivity contribution in [3.05, 3.63) is 58.6 Å². The van der Waals surface area contributed by atoms with E-state index in [-0.39, 0.29) is 22.1 Å². The molecule has 19 heavy (non-hydrogen) atoms. The maximum Gasteiger partial charge on any atom is 0.142 e. The molecule has 0 saturated heterocycles. The Balaban J connectivity index is 2.38. The monoisotopic (exact) mass is 284 g/mol. The van der Waals surface area contributed by atoms with Crippen molar-refractivity contribution in [3.63, 3.8) is 0 Å². The molecule has 0 aromatic heterocycles. The van der Waals surface area contributed by atoms with Crippen LogP contribution in [0.4, 0.5) is 8.78 Å². The van der Waals surface area contributed by atoms with Crippen molar-refractivity contribution < 1.29 is 18.6 Å². The lowest BCUT2D eigenvalue weighted by atomic mass is 10.1. The average Bonchev–Trinajstić information content (AvgIpc) is 2.33. The highest BCUT2D eigenvalue weighted by atomic mass is 35.5. The highest BCUT2D eigenvalue weighted by Crippen LogP contribution is 2.32. The summed E-state index contributed by atoms with van der Waals surface area (Å²) in [4.78, 5) is 0. The quantitative estimate of drug-likeness (QED) is 0.901. The fraction of sp³-hybridized carbons (Fsp3) is 0.143. The molecule has 5 heteroatoms. The summed E-state index contributed by atoms with van der Waals surface area (Å²) in [6.07, 6.45) is -1.02. The smallest absolute Gasteiger partial charge is 0.142 e. The van der Waals surface area contributed by atoms with Crippen molar-refractivity contribution in [2.24, 2.45) is 0 Å². The molecular formula is C14H11ClF2O2. The van der Waals surface area contributed by atoms with E-state index in [1.165, 1.54) is 37.3 Å². The van der Waals surface area contributed by atoms with Gasteiger partial charge in [0.15, 0.2) is 0 Å². The van der Waals surface area contributed by atoms with Crippen LogP contribution in [0.3, 0.4) is 0 Å². The van der Waals surface area contributed by atoms with Crippen molar-refractivity contribution in [1.29, 1.82) is 0 Å². The second-order valence-electron chi connectivity index (χ2n) is 4.01. The first-order chi connectivity index (χ1) is 8.99. The zero-order valence-electron chi connectivity index (χ0n) is 10.0. The standard InChI is InChI=1S/C14H11ClF2O2/c1-8(18)14-12(17)3-2-4-13(14)19-9-5-6-11(16)10(15)7-9/h2-8,18H,1H3/t8-/m0/s1. The Labute approximate surface area is 114 Å². The van der Waals surface area contributed by atoms with E-state index in [9.17, 15) is 13.9 Å². The first kappa shape index (κ1) is 13.8. The number of halogens is 3. The first-order valence-corrected chi connectivity index (χ1v) is 5.96. The third-order valence-corrected chi connectivity index (χ3v) is 2.84. The van der Waals surface area contributed by atoms with E-state index in [1.807, 2.05) is 0 Å². The van der Waals surface area contributed by atoms with Gasteiger partial charge in [-0.3, -0.25) is 0 Å². The van der Waals surface area contributed by atoms with Gasteiger partial charge in [-0.25, -0.2) is 8.78 Å². The first-order valence-electron chi connectivity index (χ1n) is 5.58. The van der Waals surface area contributed by atoms with Gasteiger partial charge >= 0.3 is 0 Å². The summed E-state index contributed by atoms with van der Waals surface area (Å²) < 4.78 is 32.1. The van der Waals surface area contributed by atoms with Crippen LogP contribution in [0.5, 0.6) is 11.5 Å². The van der Waals surface area contributed by atoms with Gasteiger partial charge in [-0.2, -0.15) is 0 Å². The number of benzene rings is 2. The van der Waals surface area contributed by atoms with Gasteiger partial charge in [0.05, 0.1) is 16.7 Å². The summed E-state index contributed by atoms with van der Waals surface area (Å²) in [6, 6.07) is 8.02. The lowest BCUT2D eigenvalue weighted by Crippen LogP contribution is -1.99. The van der Waals surface area contributed by atoms with E-state index in [0.29, 0.717) is 0 Å². The van der Waals surface area contributed by atoms with Crippen LogP contribution in [-0.2, 0) is 0 Å². The molecule has 0 fully saturated rings. The second kappa shape index (κ2) is 5.55. The van der Waals surface area contributed by atoms with Gasteiger partial charge in [0.1, 0.15) is 23.1 Å². The molecule has 2 aromatic carbocycles. The molecule has 0 aliphatic heterocycles.